The molecule has 0 aliphatic carbocycles. The number of hydrogen-bond donors (Lipinski definition) is 2. The average Bonchev–Trinajstić information content (AvgIpc) is 2.61. The van der Waals surface area contributed by atoms with Crippen molar-refractivity contribution in [1.82, 2.24) is 4.90 Å². The molecule has 2 aromatic rings. The third-order valence-corrected chi connectivity index (χ3v) is 4.30. The number of nitrogens with one attached hydrogen (secondary N) is 1. The van der Waals surface area contributed by atoms with E-state index in [0.717, 1.165) is 25.2 Å². The number of carboxylic acid groups (broad SMARTS) is 1. The molecule has 0 heterocycles. The summed E-state index contributed by atoms with van der Waals surface area (Å²) in [6, 6.07) is 11.8. The minimum Gasteiger partial charge on any atom is -0.478 e. The second-order valence-corrected chi connectivity index (χ2v) is 6.02. The predicted molar refractivity (Wildman–Crippen MR) is 99.4 cm³/mol. The van der Waals surface area contributed by atoms with E-state index in [1.54, 1.807) is 18.2 Å². The number of carbonyl (C=O) groups is 2. The van der Waals surface area contributed by atoms with Gasteiger partial charge in [0.05, 0.1) is 10.6 Å². The summed E-state index contributed by atoms with van der Waals surface area (Å²) in [5, 5.41) is 11.9. The van der Waals surface area contributed by atoms with Crippen LogP contribution in [0.1, 0.15) is 40.1 Å². The molecule has 1 amide bonds. The molecule has 0 aromatic heterocycles. The van der Waals surface area contributed by atoms with E-state index < -0.39 is 5.97 Å². The van der Waals surface area contributed by atoms with Gasteiger partial charge in [-0.3, -0.25) is 9.69 Å². The number of benzene rings is 2. The highest BCUT2D eigenvalue weighted by molar-refractivity contribution is 6.33. The lowest BCUT2D eigenvalue weighted by atomic mass is 10.1. The number of nitrogens with zero attached hydrogens (tertiary/aromatic N) is 1. The van der Waals surface area contributed by atoms with Crippen LogP contribution < -0.4 is 5.32 Å². The lowest BCUT2D eigenvalue weighted by molar-refractivity contribution is 0.0696. The van der Waals surface area contributed by atoms with E-state index in [-0.39, 0.29) is 16.5 Å². The van der Waals surface area contributed by atoms with Gasteiger partial charge in [0.2, 0.25) is 0 Å². The number of aromatic carboxylic acids is 1. The number of amides is 1. The van der Waals surface area contributed by atoms with Crippen molar-refractivity contribution >= 4 is 29.2 Å². The molecule has 0 aliphatic rings. The Bertz CT molecular complexity index is 756. The Morgan fingerprint density at radius 2 is 1.72 bits per heavy atom. The molecule has 0 bridgehead atoms. The first-order chi connectivity index (χ1) is 11.9. The first kappa shape index (κ1) is 19.0. The number of carbonyl (C=O) groups excluding carboxylic acids is 1. The third-order valence-electron chi connectivity index (χ3n) is 3.97. The van der Waals surface area contributed by atoms with E-state index in [1.807, 2.05) is 12.1 Å². The minimum atomic E-state index is -1.14. The molecule has 5 nitrogen and oxygen atoms in total. The quantitative estimate of drug-likeness (QED) is 0.778. The van der Waals surface area contributed by atoms with Crippen LogP contribution in [0.25, 0.3) is 0 Å². The van der Waals surface area contributed by atoms with Gasteiger partial charge in [-0.2, -0.15) is 0 Å². The molecular formula is C19H21ClN2O3. The van der Waals surface area contributed by atoms with Crippen molar-refractivity contribution in [3.05, 3.63) is 64.2 Å². The van der Waals surface area contributed by atoms with Crippen LogP contribution in [0.3, 0.4) is 0 Å². The summed E-state index contributed by atoms with van der Waals surface area (Å²) in [6.07, 6.45) is 0. The van der Waals surface area contributed by atoms with E-state index in [1.165, 1.54) is 12.1 Å². The molecule has 0 unspecified atom stereocenters. The lowest BCUT2D eigenvalue weighted by Crippen LogP contribution is -2.22. The molecule has 2 aromatic carbocycles. The molecule has 0 saturated heterocycles. The molecule has 0 atom stereocenters. The van der Waals surface area contributed by atoms with Gasteiger partial charge in [-0.1, -0.05) is 37.6 Å². The smallest absolute Gasteiger partial charge is 0.337 e. The fraction of sp³-hybridized carbons (Fsp3) is 0.263. The van der Waals surface area contributed by atoms with Gasteiger partial charge in [0.1, 0.15) is 0 Å². The Kier molecular flexibility index (Phi) is 6.56. The van der Waals surface area contributed by atoms with Crippen molar-refractivity contribution in [3.63, 3.8) is 0 Å². The number of hydrogen-bond acceptors (Lipinski definition) is 3. The topological polar surface area (TPSA) is 69.6 Å². The Hall–Kier alpha value is -2.37. The summed E-state index contributed by atoms with van der Waals surface area (Å²) in [5.41, 5.74) is 1.99. The molecule has 0 aliphatic heterocycles. The van der Waals surface area contributed by atoms with E-state index in [4.69, 9.17) is 16.7 Å². The van der Waals surface area contributed by atoms with Crippen LogP contribution in [0.4, 0.5) is 5.69 Å². The van der Waals surface area contributed by atoms with Gasteiger partial charge in [0, 0.05) is 17.8 Å². The van der Waals surface area contributed by atoms with Crippen molar-refractivity contribution in [2.75, 3.05) is 18.4 Å². The molecular weight excluding hydrogens is 340 g/mol. The molecule has 0 radical (unpaired) electrons. The SMILES string of the molecule is CCN(CC)Cc1ccc(C(=O)Nc2ccc(Cl)c(C(=O)O)c2)cc1. The molecule has 2 N–H and O–H groups in total. The first-order valence-electron chi connectivity index (χ1n) is 8.10. The van der Waals surface area contributed by atoms with Crippen LogP contribution in [0.15, 0.2) is 42.5 Å². The van der Waals surface area contributed by atoms with E-state index in [2.05, 4.69) is 24.1 Å². The van der Waals surface area contributed by atoms with Crippen molar-refractivity contribution in [1.29, 1.82) is 0 Å². The highest BCUT2D eigenvalue weighted by atomic mass is 35.5. The Balaban J connectivity index is 2.08. The summed E-state index contributed by atoms with van der Waals surface area (Å²) in [6.45, 7) is 7.02. The van der Waals surface area contributed by atoms with Gasteiger partial charge in [0.15, 0.2) is 0 Å². The zero-order chi connectivity index (χ0) is 18.4. The molecule has 132 valence electrons. The average molecular weight is 361 g/mol. The van der Waals surface area contributed by atoms with Crippen molar-refractivity contribution in [3.8, 4) is 0 Å². The normalized spacial score (nSPS) is 10.7. The second-order valence-electron chi connectivity index (χ2n) is 5.61. The standard InChI is InChI=1S/C19H21ClN2O3/c1-3-22(4-2)12-13-5-7-14(8-6-13)18(23)21-15-9-10-17(20)16(11-15)19(24)25/h5-11H,3-4,12H2,1-2H3,(H,21,23)(H,24,25). The second kappa shape index (κ2) is 8.65. The van der Waals surface area contributed by atoms with Crippen LogP contribution >= 0.6 is 11.6 Å². The van der Waals surface area contributed by atoms with Gasteiger partial charge in [-0.05, 0) is 49.0 Å². The molecule has 2 rings (SSSR count). The Labute approximate surface area is 152 Å². The van der Waals surface area contributed by atoms with Gasteiger partial charge >= 0.3 is 5.97 Å². The zero-order valence-corrected chi connectivity index (χ0v) is 15.0. The van der Waals surface area contributed by atoms with Crippen LogP contribution in [-0.2, 0) is 6.54 Å². The van der Waals surface area contributed by atoms with Crippen molar-refractivity contribution < 1.29 is 14.7 Å². The van der Waals surface area contributed by atoms with Gasteiger partial charge in [-0.25, -0.2) is 4.79 Å². The van der Waals surface area contributed by atoms with Gasteiger partial charge < -0.3 is 10.4 Å². The highest BCUT2D eigenvalue weighted by Gasteiger charge is 2.12. The number of rotatable bonds is 7. The fourth-order valence-electron chi connectivity index (χ4n) is 2.44. The summed E-state index contributed by atoms with van der Waals surface area (Å²) in [7, 11) is 0. The largest absolute Gasteiger partial charge is 0.478 e. The number of halogens is 1. The summed E-state index contributed by atoms with van der Waals surface area (Å²) < 4.78 is 0. The Morgan fingerprint density at radius 3 is 2.28 bits per heavy atom. The summed E-state index contributed by atoms with van der Waals surface area (Å²) in [4.78, 5) is 25.7. The zero-order valence-electron chi connectivity index (χ0n) is 14.3. The van der Waals surface area contributed by atoms with Gasteiger partial charge in [-0.15, -0.1) is 0 Å². The highest BCUT2D eigenvalue weighted by Crippen LogP contribution is 2.21. The predicted octanol–water partition coefficient (Wildman–Crippen LogP) is 4.13. The minimum absolute atomic E-state index is 0.0472. The van der Waals surface area contributed by atoms with Crippen LogP contribution in [0.2, 0.25) is 5.02 Å². The number of carboxylic acids is 1. The summed E-state index contributed by atoms with van der Waals surface area (Å²) >= 11 is 5.83. The van der Waals surface area contributed by atoms with E-state index in [9.17, 15) is 9.59 Å². The maximum absolute atomic E-state index is 12.3. The van der Waals surface area contributed by atoms with Gasteiger partial charge in [0.25, 0.3) is 5.91 Å². The Morgan fingerprint density at radius 1 is 1.08 bits per heavy atom. The molecule has 0 spiro atoms. The van der Waals surface area contributed by atoms with E-state index >= 15 is 0 Å². The number of anilines is 1. The van der Waals surface area contributed by atoms with E-state index in [0.29, 0.717) is 11.3 Å². The lowest BCUT2D eigenvalue weighted by Gasteiger charge is -2.18. The maximum atomic E-state index is 12.3. The molecule has 25 heavy (non-hydrogen) atoms. The molecule has 6 heteroatoms. The fourth-order valence-corrected chi connectivity index (χ4v) is 2.64. The van der Waals surface area contributed by atoms with Crippen LogP contribution in [-0.4, -0.2) is 35.0 Å². The van der Waals surface area contributed by atoms with Crippen LogP contribution in [0, 0.1) is 0 Å². The first-order valence-corrected chi connectivity index (χ1v) is 8.47. The van der Waals surface area contributed by atoms with Crippen LogP contribution in [0.5, 0.6) is 0 Å². The molecule has 0 saturated carbocycles. The monoisotopic (exact) mass is 360 g/mol. The molecule has 0 fully saturated rings. The van der Waals surface area contributed by atoms with Crippen molar-refractivity contribution in [2.24, 2.45) is 0 Å². The third kappa shape index (κ3) is 5.05. The summed E-state index contributed by atoms with van der Waals surface area (Å²) in [5.74, 6) is -1.44. The maximum Gasteiger partial charge on any atom is 0.337 e. The van der Waals surface area contributed by atoms with Crippen molar-refractivity contribution in [2.45, 2.75) is 20.4 Å².